The second-order valence-electron chi connectivity index (χ2n) is 7.45. The third-order valence-electron chi connectivity index (χ3n) is 4.89. The second kappa shape index (κ2) is 9.43. The van der Waals surface area contributed by atoms with Gasteiger partial charge in [0.25, 0.3) is 0 Å². The number of esters is 1. The summed E-state index contributed by atoms with van der Waals surface area (Å²) in [6, 6.07) is 12.0. The lowest BCUT2D eigenvalue weighted by Gasteiger charge is -2.18. The van der Waals surface area contributed by atoms with Crippen molar-refractivity contribution in [3.8, 4) is 0 Å². The molecule has 2 aromatic carbocycles. The Morgan fingerprint density at radius 1 is 1.10 bits per heavy atom. The highest BCUT2D eigenvalue weighted by Gasteiger charge is 2.33. The lowest BCUT2D eigenvalue weighted by Crippen LogP contribution is -2.43. The molecule has 1 atom stereocenters. The van der Waals surface area contributed by atoms with Gasteiger partial charge < -0.3 is 20.3 Å². The molecule has 1 saturated heterocycles. The van der Waals surface area contributed by atoms with E-state index in [1.807, 2.05) is 26.0 Å². The van der Waals surface area contributed by atoms with Crippen LogP contribution in [0.3, 0.4) is 0 Å². The average molecular weight is 409 g/mol. The molecule has 2 N–H and O–H groups in total. The van der Waals surface area contributed by atoms with Crippen molar-refractivity contribution < 1.29 is 19.1 Å². The van der Waals surface area contributed by atoms with Gasteiger partial charge in [-0.2, -0.15) is 0 Å². The van der Waals surface area contributed by atoms with Crippen LogP contribution < -0.4 is 15.5 Å². The molecule has 7 heteroatoms. The standard InChI is InChI=1S/C23H27N3O4/c1-4-30-21(27)14-17-5-7-18(8-6-17)24-23(29)25-20-9-10-26(22(20)28)19-12-15(2)11-16(3)13-19/h5-8,11-13,20H,4,9-10,14H2,1-3H3,(H2,24,25,29). The van der Waals surface area contributed by atoms with E-state index in [1.165, 1.54) is 0 Å². The minimum Gasteiger partial charge on any atom is -0.466 e. The van der Waals surface area contributed by atoms with Crippen molar-refractivity contribution in [3.63, 3.8) is 0 Å². The van der Waals surface area contributed by atoms with E-state index < -0.39 is 12.1 Å². The van der Waals surface area contributed by atoms with Crippen molar-refractivity contribution in [1.29, 1.82) is 0 Å². The fraction of sp³-hybridized carbons (Fsp3) is 0.348. The van der Waals surface area contributed by atoms with Crippen molar-refractivity contribution in [3.05, 3.63) is 59.2 Å². The summed E-state index contributed by atoms with van der Waals surface area (Å²) in [6.45, 7) is 6.67. The normalized spacial score (nSPS) is 15.8. The number of aryl methyl sites for hydroxylation is 2. The smallest absolute Gasteiger partial charge is 0.319 e. The molecule has 0 radical (unpaired) electrons. The van der Waals surface area contributed by atoms with E-state index in [4.69, 9.17) is 4.74 Å². The topological polar surface area (TPSA) is 87.7 Å². The van der Waals surface area contributed by atoms with E-state index >= 15 is 0 Å². The van der Waals surface area contributed by atoms with Crippen LogP contribution in [0.2, 0.25) is 0 Å². The monoisotopic (exact) mass is 409 g/mol. The third kappa shape index (κ3) is 5.37. The molecule has 1 aliphatic rings. The van der Waals surface area contributed by atoms with E-state index in [0.717, 1.165) is 22.4 Å². The molecule has 0 spiro atoms. The molecule has 0 aromatic heterocycles. The first-order valence-electron chi connectivity index (χ1n) is 10.1. The van der Waals surface area contributed by atoms with E-state index in [1.54, 1.807) is 36.1 Å². The maximum Gasteiger partial charge on any atom is 0.319 e. The minimum absolute atomic E-state index is 0.111. The number of ether oxygens (including phenoxy) is 1. The van der Waals surface area contributed by atoms with Crippen LogP contribution in [0.15, 0.2) is 42.5 Å². The fourth-order valence-corrected chi connectivity index (χ4v) is 3.59. The van der Waals surface area contributed by atoms with Gasteiger partial charge in [0, 0.05) is 17.9 Å². The van der Waals surface area contributed by atoms with Crippen LogP contribution in [0.25, 0.3) is 0 Å². The summed E-state index contributed by atoms with van der Waals surface area (Å²) in [4.78, 5) is 38.3. The number of carbonyl (C=O) groups is 3. The molecular weight excluding hydrogens is 382 g/mol. The maximum absolute atomic E-state index is 12.8. The predicted molar refractivity (Wildman–Crippen MR) is 116 cm³/mol. The highest BCUT2D eigenvalue weighted by atomic mass is 16.5. The van der Waals surface area contributed by atoms with Crippen LogP contribution >= 0.6 is 0 Å². The number of hydrogen-bond donors (Lipinski definition) is 2. The van der Waals surface area contributed by atoms with Crippen molar-refractivity contribution in [2.75, 3.05) is 23.4 Å². The highest BCUT2D eigenvalue weighted by Crippen LogP contribution is 2.24. The number of nitrogens with zero attached hydrogens (tertiary/aromatic N) is 1. The van der Waals surface area contributed by atoms with Gasteiger partial charge in [0.15, 0.2) is 0 Å². The van der Waals surface area contributed by atoms with Crippen LogP contribution in [0, 0.1) is 13.8 Å². The molecule has 0 bridgehead atoms. The van der Waals surface area contributed by atoms with Crippen LogP contribution in [0.1, 0.15) is 30.0 Å². The van der Waals surface area contributed by atoms with Crippen LogP contribution in [-0.4, -0.2) is 37.1 Å². The van der Waals surface area contributed by atoms with Crippen LogP contribution in [0.5, 0.6) is 0 Å². The van der Waals surface area contributed by atoms with Gasteiger partial charge in [0.1, 0.15) is 6.04 Å². The Bertz CT molecular complexity index is 920. The molecule has 0 saturated carbocycles. The lowest BCUT2D eigenvalue weighted by molar-refractivity contribution is -0.142. The Kier molecular flexibility index (Phi) is 6.72. The first-order chi connectivity index (χ1) is 14.4. The van der Waals surface area contributed by atoms with Gasteiger partial charge in [-0.1, -0.05) is 18.2 Å². The number of anilines is 2. The lowest BCUT2D eigenvalue weighted by atomic mass is 10.1. The summed E-state index contributed by atoms with van der Waals surface area (Å²) < 4.78 is 4.92. The molecule has 1 fully saturated rings. The van der Waals surface area contributed by atoms with Crippen LogP contribution in [-0.2, 0) is 20.7 Å². The molecular formula is C23H27N3O4. The van der Waals surface area contributed by atoms with Gasteiger partial charge in [-0.15, -0.1) is 0 Å². The van der Waals surface area contributed by atoms with Gasteiger partial charge >= 0.3 is 12.0 Å². The maximum atomic E-state index is 12.8. The molecule has 3 amide bonds. The SMILES string of the molecule is CCOC(=O)Cc1ccc(NC(=O)NC2CCN(c3cc(C)cc(C)c3)C2=O)cc1. The van der Waals surface area contributed by atoms with E-state index in [2.05, 4.69) is 16.7 Å². The molecule has 7 nitrogen and oxygen atoms in total. The largest absolute Gasteiger partial charge is 0.466 e. The quantitative estimate of drug-likeness (QED) is 0.717. The summed E-state index contributed by atoms with van der Waals surface area (Å²) >= 11 is 0. The summed E-state index contributed by atoms with van der Waals surface area (Å²) in [5.74, 6) is -0.399. The Labute approximate surface area is 176 Å². The molecule has 1 unspecified atom stereocenters. The van der Waals surface area contributed by atoms with Gasteiger partial charge in [-0.05, 0) is 68.1 Å². The van der Waals surface area contributed by atoms with E-state index in [0.29, 0.717) is 25.3 Å². The predicted octanol–water partition coefficient (Wildman–Crippen LogP) is 3.34. The first kappa shape index (κ1) is 21.4. The number of nitrogens with one attached hydrogen (secondary N) is 2. The first-order valence-corrected chi connectivity index (χ1v) is 10.1. The number of amides is 3. The molecule has 1 heterocycles. The molecule has 3 rings (SSSR count). The Balaban J connectivity index is 1.55. The van der Waals surface area contributed by atoms with E-state index in [9.17, 15) is 14.4 Å². The zero-order valence-electron chi connectivity index (χ0n) is 17.5. The Hall–Kier alpha value is -3.35. The number of benzene rings is 2. The Morgan fingerprint density at radius 2 is 1.77 bits per heavy atom. The zero-order chi connectivity index (χ0) is 21.7. The van der Waals surface area contributed by atoms with E-state index in [-0.39, 0.29) is 18.3 Å². The number of carbonyl (C=O) groups excluding carboxylic acids is 3. The average Bonchev–Trinajstić information content (AvgIpc) is 3.03. The van der Waals surface area contributed by atoms with Gasteiger partial charge in [0.05, 0.1) is 13.0 Å². The van der Waals surface area contributed by atoms with Crippen LogP contribution in [0.4, 0.5) is 16.2 Å². The molecule has 1 aliphatic heterocycles. The summed E-state index contributed by atoms with van der Waals surface area (Å²) in [7, 11) is 0. The second-order valence-corrected chi connectivity index (χ2v) is 7.45. The summed E-state index contributed by atoms with van der Waals surface area (Å²) in [5, 5.41) is 5.49. The molecule has 2 aromatic rings. The highest BCUT2D eigenvalue weighted by molar-refractivity contribution is 6.02. The van der Waals surface area contributed by atoms with Gasteiger partial charge in [-0.25, -0.2) is 4.79 Å². The fourth-order valence-electron chi connectivity index (χ4n) is 3.59. The number of hydrogen-bond acceptors (Lipinski definition) is 4. The zero-order valence-corrected chi connectivity index (χ0v) is 17.5. The third-order valence-corrected chi connectivity index (χ3v) is 4.89. The molecule has 0 aliphatic carbocycles. The van der Waals surface area contributed by atoms with Gasteiger partial charge in [0.2, 0.25) is 5.91 Å². The van der Waals surface area contributed by atoms with Crippen molar-refractivity contribution >= 4 is 29.3 Å². The summed E-state index contributed by atoms with van der Waals surface area (Å²) in [5.41, 5.74) is 4.43. The Morgan fingerprint density at radius 3 is 2.40 bits per heavy atom. The van der Waals surface area contributed by atoms with Crippen molar-refractivity contribution in [2.24, 2.45) is 0 Å². The molecule has 30 heavy (non-hydrogen) atoms. The minimum atomic E-state index is -0.561. The molecule has 158 valence electrons. The van der Waals surface area contributed by atoms with Crippen molar-refractivity contribution in [2.45, 2.75) is 39.7 Å². The van der Waals surface area contributed by atoms with Gasteiger partial charge in [-0.3, -0.25) is 9.59 Å². The number of rotatable bonds is 6. The summed E-state index contributed by atoms with van der Waals surface area (Å²) in [6.07, 6.45) is 0.739. The van der Waals surface area contributed by atoms with Crippen molar-refractivity contribution in [1.82, 2.24) is 5.32 Å². The number of urea groups is 1.